The monoisotopic (exact) mass is 473 g/mol. The van der Waals surface area contributed by atoms with Crippen LogP contribution in [0, 0.1) is 0 Å². The number of amides is 1. The zero-order chi connectivity index (χ0) is 24.4. The van der Waals surface area contributed by atoms with E-state index in [-0.39, 0.29) is 22.5 Å². The van der Waals surface area contributed by atoms with E-state index in [1.165, 1.54) is 23.0 Å². The van der Waals surface area contributed by atoms with Crippen LogP contribution in [-0.2, 0) is 37.6 Å². The number of hydrogen-bond acceptors (Lipinski definition) is 4. The average molecular weight is 474 g/mol. The second-order valence-corrected chi connectivity index (χ2v) is 13.7. The number of likely N-dealkylation sites (tertiary alicyclic amines) is 1. The fourth-order valence-corrected chi connectivity index (χ4v) is 6.01. The molecule has 5 nitrogen and oxygen atoms in total. The lowest BCUT2D eigenvalue weighted by Crippen LogP contribution is -2.42. The Balaban J connectivity index is 1.60. The summed E-state index contributed by atoms with van der Waals surface area (Å²) in [5.41, 5.74) is 3.86. The van der Waals surface area contributed by atoms with Gasteiger partial charge in [-0.1, -0.05) is 59.7 Å². The predicted octanol–water partition coefficient (Wildman–Crippen LogP) is 5.41. The molecule has 33 heavy (non-hydrogen) atoms. The third-order valence-corrected chi connectivity index (χ3v) is 8.75. The van der Waals surface area contributed by atoms with E-state index < -0.39 is 15.1 Å². The first-order valence-electron chi connectivity index (χ1n) is 11.9. The number of furan rings is 1. The van der Waals surface area contributed by atoms with E-state index >= 15 is 0 Å². The standard InChI is InChI=1S/C27H39NO4S/c1-26(2,3)21-16-20(17-22(18-21)27(4,5)6)9-10-25(29)28-13-11-24(12-14-28)33(30,31)19-23-8-7-15-32-23/h7-8,15-18,24H,9-14,19H2,1-6H3. The van der Waals surface area contributed by atoms with Crippen LogP contribution < -0.4 is 0 Å². The molecule has 2 aromatic rings. The highest BCUT2D eigenvalue weighted by Crippen LogP contribution is 2.31. The first-order valence-corrected chi connectivity index (χ1v) is 13.6. The Morgan fingerprint density at radius 3 is 2.06 bits per heavy atom. The smallest absolute Gasteiger partial charge is 0.222 e. The van der Waals surface area contributed by atoms with Crippen molar-refractivity contribution in [1.29, 1.82) is 0 Å². The van der Waals surface area contributed by atoms with Crippen molar-refractivity contribution in [2.75, 3.05) is 13.1 Å². The molecule has 1 aromatic heterocycles. The fraction of sp³-hybridized carbons (Fsp3) is 0.593. The zero-order valence-electron chi connectivity index (χ0n) is 21.0. The molecule has 2 heterocycles. The van der Waals surface area contributed by atoms with Crippen LogP contribution in [0.4, 0.5) is 0 Å². The summed E-state index contributed by atoms with van der Waals surface area (Å²) in [6.45, 7) is 14.3. The third kappa shape index (κ3) is 6.72. The van der Waals surface area contributed by atoms with Gasteiger partial charge < -0.3 is 9.32 Å². The maximum Gasteiger partial charge on any atom is 0.222 e. The molecule has 6 heteroatoms. The van der Waals surface area contributed by atoms with Gasteiger partial charge >= 0.3 is 0 Å². The van der Waals surface area contributed by atoms with Crippen LogP contribution in [0.25, 0.3) is 0 Å². The molecule has 3 rings (SSSR count). The van der Waals surface area contributed by atoms with E-state index in [0.29, 0.717) is 44.5 Å². The third-order valence-electron chi connectivity index (χ3n) is 6.58. The molecule has 1 aliphatic rings. The minimum absolute atomic E-state index is 0.0447. The highest BCUT2D eigenvalue weighted by molar-refractivity contribution is 7.91. The summed E-state index contributed by atoms with van der Waals surface area (Å²) in [4.78, 5) is 14.7. The second kappa shape index (κ2) is 9.65. The van der Waals surface area contributed by atoms with Gasteiger partial charge in [-0.25, -0.2) is 8.42 Å². The van der Waals surface area contributed by atoms with Crippen molar-refractivity contribution in [3.8, 4) is 0 Å². The quantitative estimate of drug-likeness (QED) is 0.562. The van der Waals surface area contributed by atoms with Crippen molar-refractivity contribution < 1.29 is 17.6 Å². The van der Waals surface area contributed by atoms with Gasteiger partial charge in [0, 0.05) is 19.5 Å². The summed E-state index contributed by atoms with van der Waals surface area (Å²) in [6, 6.07) is 10.1. The van der Waals surface area contributed by atoms with Gasteiger partial charge in [-0.3, -0.25) is 4.79 Å². The molecular formula is C27H39NO4S. The number of carbonyl (C=O) groups excluding carboxylic acids is 1. The Hall–Kier alpha value is -2.08. The van der Waals surface area contributed by atoms with Crippen LogP contribution in [0.3, 0.4) is 0 Å². The molecule has 182 valence electrons. The van der Waals surface area contributed by atoms with Gasteiger partial charge in [0.05, 0.1) is 11.5 Å². The van der Waals surface area contributed by atoms with Crippen molar-refractivity contribution in [2.45, 2.75) is 89.1 Å². The molecule has 0 saturated carbocycles. The van der Waals surface area contributed by atoms with Crippen molar-refractivity contribution in [2.24, 2.45) is 0 Å². The maximum absolute atomic E-state index is 12.9. The number of carbonyl (C=O) groups is 1. The maximum atomic E-state index is 12.9. The highest BCUT2D eigenvalue weighted by Gasteiger charge is 2.32. The Labute approximate surface area is 199 Å². The van der Waals surface area contributed by atoms with Crippen LogP contribution >= 0.6 is 0 Å². The summed E-state index contributed by atoms with van der Waals surface area (Å²) in [7, 11) is -3.28. The Morgan fingerprint density at radius 1 is 1.00 bits per heavy atom. The first-order chi connectivity index (χ1) is 15.3. The largest absolute Gasteiger partial charge is 0.468 e. The molecule has 0 unspecified atom stereocenters. The van der Waals surface area contributed by atoms with Crippen LogP contribution in [0.2, 0.25) is 0 Å². The van der Waals surface area contributed by atoms with Crippen LogP contribution in [0.15, 0.2) is 41.0 Å². The van der Waals surface area contributed by atoms with E-state index in [0.717, 1.165) is 0 Å². The summed E-state index contributed by atoms with van der Waals surface area (Å²) in [5, 5.41) is -0.413. The number of hydrogen-bond donors (Lipinski definition) is 0. The van der Waals surface area contributed by atoms with E-state index in [1.807, 2.05) is 4.90 Å². The molecule has 1 aromatic carbocycles. The van der Waals surface area contributed by atoms with Gasteiger partial charge in [-0.2, -0.15) is 0 Å². The predicted molar refractivity (Wildman–Crippen MR) is 133 cm³/mol. The molecule has 1 fully saturated rings. The van der Waals surface area contributed by atoms with Gasteiger partial charge in [0.2, 0.25) is 5.91 Å². The molecule has 0 atom stereocenters. The minimum Gasteiger partial charge on any atom is -0.468 e. The summed E-state index contributed by atoms with van der Waals surface area (Å²) >= 11 is 0. The second-order valence-electron chi connectivity index (χ2n) is 11.4. The topological polar surface area (TPSA) is 67.6 Å². The van der Waals surface area contributed by atoms with E-state index in [4.69, 9.17) is 4.42 Å². The van der Waals surface area contributed by atoms with Gasteiger partial charge in [0.25, 0.3) is 0 Å². The number of piperidine rings is 1. The minimum atomic E-state index is -3.28. The Bertz CT molecular complexity index is 1020. The number of rotatable bonds is 6. The fourth-order valence-electron chi connectivity index (χ4n) is 4.29. The lowest BCUT2D eigenvalue weighted by atomic mass is 9.79. The van der Waals surface area contributed by atoms with Crippen molar-refractivity contribution in [1.82, 2.24) is 4.90 Å². The molecule has 0 spiro atoms. The SMILES string of the molecule is CC(C)(C)c1cc(CCC(=O)N2CCC(S(=O)(=O)Cc3ccco3)CC2)cc(C(C)(C)C)c1. The van der Waals surface area contributed by atoms with Crippen molar-refractivity contribution >= 4 is 15.7 Å². The van der Waals surface area contributed by atoms with Gasteiger partial charge in [-0.15, -0.1) is 0 Å². The van der Waals surface area contributed by atoms with E-state index in [9.17, 15) is 13.2 Å². The van der Waals surface area contributed by atoms with Crippen LogP contribution in [0.5, 0.6) is 0 Å². The molecule has 1 aliphatic heterocycles. The van der Waals surface area contributed by atoms with Crippen molar-refractivity contribution in [3.63, 3.8) is 0 Å². The molecule has 0 N–H and O–H groups in total. The van der Waals surface area contributed by atoms with E-state index in [2.05, 4.69) is 59.7 Å². The number of aryl methyl sites for hydroxylation is 1. The molecular weight excluding hydrogens is 434 g/mol. The van der Waals surface area contributed by atoms with Gasteiger partial charge in [0.15, 0.2) is 9.84 Å². The highest BCUT2D eigenvalue weighted by atomic mass is 32.2. The number of nitrogens with zero attached hydrogens (tertiary/aromatic N) is 1. The Morgan fingerprint density at radius 2 is 1.58 bits per heavy atom. The lowest BCUT2D eigenvalue weighted by Gasteiger charge is -2.32. The number of sulfone groups is 1. The van der Waals surface area contributed by atoms with Crippen molar-refractivity contribution in [3.05, 3.63) is 59.0 Å². The van der Waals surface area contributed by atoms with Gasteiger partial charge in [0.1, 0.15) is 11.5 Å². The Kier molecular flexibility index (Phi) is 7.47. The normalized spacial score (nSPS) is 16.2. The summed E-state index contributed by atoms with van der Waals surface area (Å²) in [5.74, 6) is 0.509. The van der Waals surface area contributed by atoms with Crippen LogP contribution in [0.1, 0.15) is 83.3 Å². The van der Waals surface area contributed by atoms with E-state index in [1.54, 1.807) is 12.1 Å². The zero-order valence-corrected chi connectivity index (χ0v) is 21.8. The molecule has 0 radical (unpaired) electrons. The summed E-state index contributed by atoms with van der Waals surface area (Å²) < 4.78 is 30.6. The van der Waals surface area contributed by atoms with Gasteiger partial charge in [-0.05, 0) is 58.9 Å². The number of benzene rings is 1. The lowest BCUT2D eigenvalue weighted by molar-refractivity contribution is -0.132. The molecule has 0 bridgehead atoms. The molecule has 1 saturated heterocycles. The molecule has 1 amide bonds. The molecule has 0 aliphatic carbocycles. The van der Waals surface area contributed by atoms with Crippen LogP contribution in [-0.4, -0.2) is 37.6 Å². The average Bonchev–Trinajstić information content (AvgIpc) is 3.23. The first kappa shape index (κ1) is 25.5. The summed E-state index contributed by atoms with van der Waals surface area (Å²) in [6.07, 6.45) is 3.61.